The second-order valence-electron chi connectivity index (χ2n) is 4.17. The van der Waals surface area contributed by atoms with E-state index in [0.717, 1.165) is 16.7 Å². The molecule has 0 amide bonds. The van der Waals surface area contributed by atoms with Gasteiger partial charge in [0.25, 0.3) is 0 Å². The smallest absolute Gasteiger partial charge is 0.342 e. The number of benzene rings is 1. The quantitative estimate of drug-likeness (QED) is 0.735. The van der Waals surface area contributed by atoms with Gasteiger partial charge in [0.15, 0.2) is 0 Å². The van der Waals surface area contributed by atoms with Crippen molar-refractivity contribution in [3.05, 3.63) is 22.3 Å². The largest absolute Gasteiger partial charge is 0.496 e. The van der Waals surface area contributed by atoms with Crippen molar-refractivity contribution in [3.8, 4) is 11.5 Å². The molecule has 2 heterocycles. The summed E-state index contributed by atoms with van der Waals surface area (Å²) in [6.07, 6.45) is -0.585. The number of aliphatic hydroxyl groups is 1. The van der Waals surface area contributed by atoms with E-state index in [0.29, 0.717) is 23.5 Å². The maximum Gasteiger partial charge on any atom is 0.342 e. The highest BCUT2D eigenvalue weighted by Gasteiger charge is 2.37. The van der Waals surface area contributed by atoms with Crippen LogP contribution in [0.25, 0.3) is 0 Å². The molecule has 1 aromatic carbocycles. The Labute approximate surface area is 97.9 Å². The number of ether oxygens (including phenoxy) is 3. The first-order valence-corrected chi connectivity index (χ1v) is 5.37. The van der Waals surface area contributed by atoms with Crippen LogP contribution >= 0.6 is 0 Å². The molecule has 0 saturated carbocycles. The Balaban J connectivity index is 2.32. The average Bonchev–Trinajstić information content (AvgIpc) is 2.83. The van der Waals surface area contributed by atoms with Crippen LogP contribution in [0.15, 0.2) is 0 Å². The van der Waals surface area contributed by atoms with Crippen LogP contribution in [0, 0.1) is 6.92 Å². The summed E-state index contributed by atoms with van der Waals surface area (Å²) in [4.78, 5) is 11.7. The second kappa shape index (κ2) is 3.37. The number of rotatable bonds is 1. The summed E-state index contributed by atoms with van der Waals surface area (Å²) in [7, 11) is 1.57. The van der Waals surface area contributed by atoms with E-state index in [1.165, 1.54) is 0 Å². The van der Waals surface area contributed by atoms with Gasteiger partial charge in [-0.3, -0.25) is 0 Å². The van der Waals surface area contributed by atoms with Gasteiger partial charge >= 0.3 is 5.97 Å². The Morgan fingerprint density at radius 3 is 2.88 bits per heavy atom. The van der Waals surface area contributed by atoms with Crippen molar-refractivity contribution in [2.75, 3.05) is 7.11 Å². The summed E-state index contributed by atoms with van der Waals surface area (Å²) in [6, 6.07) is 0. The van der Waals surface area contributed by atoms with Gasteiger partial charge in [0.2, 0.25) is 6.29 Å². The molecule has 17 heavy (non-hydrogen) atoms. The van der Waals surface area contributed by atoms with Gasteiger partial charge in [0.1, 0.15) is 23.7 Å². The number of aliphatic hydroxyl groups excluding tert-OH is 1. The van der Waals surface area contributed by atoms with Crippen molar-refractivity contribution in [3.63, 3.8) is 0 Å². The standard InChI is InChI=1S/C12H12O5/c1-5-7-4-16-12(14)9(7)11-6(10(5)15-2)3-8(13)17-11/h8,13H,3-4H2,1-2H3. The molecule has 0 aromatic heterocycles. The van der Waals surface area contributed by atoms with Crippen molar-refractivity contribution in [1.82, 2.24) is 0 Å². The fraction of sp³-hybridized carbons (Fsp3) is 0.417. The van der Waals surface area contributed by atoms with E-state index in [1.807, 2.05) is 6.92 Å². The zero-order valence-electron chi connectivity index (χ0n) is 9.57. The predicted octanol–water partition coefficient (Wildman–Crippen LogP) is 0.927. The molecule has 1 aromatic rings. The summed E-state index contributed by atoms with van der Waals surface area (Å²) in [5, 5.41) is 9.55. The van der Waals surface area contributed by atoms with Crippen LogP contribution in [0.3, 0.4) is 0 Å². The maximum absolute atomic E-state index is 11.7. The Hall–Kier alpha value is -1.75. The first kappa shape index (κ1) is 10.4. The number of carbonyl (C=O) groups is 1. The van der Waals surface area contributed by atoms with Gasteiger partial charge in [-0.05, 0) is 12.5 Å². The molecule has 2 aliphatic heterocycles. The third-order valence-corrected chi connectivity index (χ3v) is 3.26. The molecule has 2 aliphatic rings. The third kappa shape index (κ3) is 1.26. The van der Waals surface area contributed by atoms with Gasteiger partial charge in [-0.15, -0.1) is 0 Å². The molecule has 3 rings (SSSR count). The van der Waals surface area contributed by atoms with Crippen LogP contribution in [0.2, 0.25) is 0 Å². The minimum absolute atomic E-state index is 0.239. The zero-order valence-corrected chi connectivity index (χ0v) is 9.57. The van der Waals surface area contributed by atoms with Crippen LogP contribution in [0.5, 0.6) is 11.5 Å². The predicted molar refractivity (Wildman–Crippen MR) is 57.2 cm³/mol. The fourth-order valence-corrected chi connectivity index (χ4v) is 2.49. The normalized spacial score (nSPS) is 20.6. The molecule has 0 radical (unpaired) electrons. The van der Waals surface area contributed by atoms with E-state index in [9.17, 15) is 9.90 Å². The summed E-state index contributed by atoms with van der Waals surface area (Å²) in [5.41, 5.74) is 2.86. The van der Waals surface area contributed by atoms with Gasteiger partial charge in [-0.1, -0.05) is 0 Å². The van der Waals surface area contributed by atoms with Crippen molar-refractivity contribution < 1.29 is 24.1 Å². The van der Waals surface area contributed by atoms with Crippen LogP contribution in [0.4, 0.5) is 0 Å². The van der Waals surface area contributed by atoms with Crippen molar-refractivity contribution in [2.45, 2.75) is 26.2 Å². The van der Waals surface area contributed by atoms with E-state index in [4.69, 9.17) is 14.2 Å². The molecule has 0 bridgehead atoms. The zero-order chi connectivity index (χ0) is 12.2. The lowest BCUT2D eigenvalue weighted by molar-refractivity contribution is 0.00145. The summed E-state index contributed by atoms with van der Waals surface area (Å²) in [6.45, 7) is 2.12. The molecule has 1 atom stereocenters. The number of hydrogen-bond donors (Lipinski definition) is 1. The van der Waals surface area contributed by atoms with Gasteiger partial charge in [0.05, 0.1) is 7.11 Å². The van der Waals surface area contributed by atoms with E-state index in [2.05, 4.69) is 0 Å². The molecule has 0 saturated heterocycles. The second-order valence-corrected chi connectivity index (χ2v) is 4.17. The number of methoxy groups -OCH3 is 1. The Bertz CT molecular complexity index is 520. The van der Waals surface area contributed by atoms with Crippen LogP contribution in [-0.4, -0.2) is 24.5 Å². The highest BCUT2D eigenvalue weighted by Crippen LogP contribution is 2.45. The first-order valence-electron chi connectivity index (χ1n) is 5.37. The topological polar surface area (TPSA) is 65.0 Å². The number of hydrogen-bond acceptors (Lipinski definition) is 5. The monoisotopic (exact) mass is 236 g/mol. The Morgan fingerprint density at radius 1 is 1.41 bits per heavy atom. The van der Waals surface area contributed by atoms with E-state index < -0.39 is 12.3 Å². The van der Waals surface area contributed by atoms with Crippen molar-refractivity contribution in [1.29, 1.82) is 0 Å². The summed E-state index contributed by atoms with van der Waals surface area (Å²) < 4.78 is 15.6. The summed E-state index contributed by atoms with van der Waals surface area (Å²) in [5.74, 6) is 0.696. The lowest BCUT2D eigenvalue weighted by Gasteiger charge is -2.12. The number of esters is 1. The van der Waals surface area contributed by atoms with Crippen molar-refractivity contribution >= 4 is 5.97 Å². The first-order chi connectivity index (χ1) is 8.13. The molecule has 0 fully saturated rings. The van der Waals surface area contributed by atoms with Gasteiger partial charge in [-0.25, -0.2) is 4.79 Å². The highest BCUT2D eigenvalue weighted by molar-refractivity contribution is 5.98. The molecular formula is C12H12O5. The maximum atomic E-state index is 11.7. The van der Waals surface area contributed by atoms with Gasteiger partial charge in [0, 0.05) is 17.5 Å². The molecule has 90 valence electrons. The van der Waals surface area contributed by atoms with Gasteiger partial charge < -0.3 is 19.3 Å². The SMILES string of the molecule is COc1c(C)c2c(c3c1CC(O)O3)C(=O)OC2. The molecule has 5 heteroatoms. The highest BCUT2D eigenvalue weighted by atomic mass is 16.6. The minimum atomic E-state index is -0.918. The van der Waals surface area contributed by atoms with Crippen LogP contribution < -0.4 is 9.47 Å². The lowest BCUT2D eigenvalue weighted by atomic mass is 9.97. The van der Waals surface area contributed by atoms with Gasteiger partial charge in [-0.2, -0.15) is 0 Å². The molecular weight excluding hydrogens is 224 g/mol. The van der Waals surface area contributed by atoms with Crippen LogP contribution in [0.1, 0.15) is 27.0 Å². The molecule has 0 aliphatic carbocycles. The molecule has 0 spiro atoms. The number of carbonyl (C=O) groups excluding carboxylic acids is 1. The number of fused-ring (bicyclic) bond motifs is 3. The number of cyclic esters (lactones) is 1. The van der Waals surface area contributed by atoms with Crippen LogP contribution in [-0.2, 0) is 17.8 Å². The lowest BCUT2D eigenvalue weighted by Crippen LogP contribution is -2.11. The van der Waals surface area contributed by atoms with Crippen molar-refractivity contribution in [2.24, 2.45) is 0 Å². The Kier molecular flexibility index (Phi) is 2.06. The average molecular weight is 236 g/mol. The van der Waals surface area contributed by atoms with E-state index in [1.54, 1.807) is 7.11 Å². The van der Waals surface area contributed by atoms with E-state index >= 15 is 0 Å². The Morgan fingerprint density at radius 2 is 2.18 bits per heavy atom. The minimum Gasteiger partial charge on any atom is -0.496 e. The third-order valence-electron chi connectivity index (χ3n) is 3.26. The summed E-state index contributed by atoms with van der Waals surface area (Å²) >= 11 is 0. The van der Waals surface area contributed by atoms with E-state index in [-0.39, 0.29) is 6.61 Å². The molecule has 1 N–H and O–H groups in total. The fourth-order valence-electron chi connectivity index (χ4n) is 2.49. The molecule has 5 nitrogen and oxygen atoms in total. The molecule has 1 unspecified atom stereocenters.